The Kier molecular flexibility index (Phi) is 5.35. The minimum Gasteiger partial charge on any atom is -0.307 e. The van der Waals surface area contributed by atoms with Gasteiger partial charge in [-0.25, -0.2) is 0 Å². The molecule has 1 heterocycles. The van der Waals surface area contributed by atoms with Crippen LogP contribution in [0.25, 0.3) is 0 Å². The van der Waals surface area contributed by atoms with Crippen LogP contribution in [-0.2, 0) is 0 Å². The Morgan fingerprint density at radius 2 is 1.65 bits per heavy atom. The maximum Gasteiger partial charge on any atom is 0.401 e. The molecule has 1 unspecified atom stereocenters. The van der Waals surface area contributed by atoms with Gasteiger partial charge < -0.3 is 5.32 Å². The lowest BCUT2D eigenvalue weighted by molar-refractivity contribution is -0.125. The van der Waals surface area contributed by atoms with Gasteiger partial charge in [0.25, 0.3) is 0 Å². The van der Waals surface area contributed by atoms with E-state index in [1.807, 2.05) is 6.92 Å². The third kappa shape index (κ3) is 4.62. The third-order valence-corrected chi connectivity index (χ3v) is 5.16. The quantitative estimate of drug-likeness (QED) is 0.852. The zero-order valence-corrected chi connectivity index (χ0v) is 12.4. The van der Waals surface area contributed by atoms with Gasteiger partial charge in [0.15, 0.2) is 0 Å². The van der Waals surface area contributed by atoms with E-state index in [2.05, 4.69) is 10.2 Å². The first kappa shape index (κ1) is 16.1. The lowest BCUT2D eigenvalue weighted by Crippen LogP contribution is -2.48. The van der Waals surface area contributed by atoms with Crippen molar-refractivity contribution in [2.45, 2.75) is 64.1 Å². The molecule has 0 bridgehead atoms. The van der Waals surface area contributed by atoms with E-state index in [4.69, 9.17) is 0 Å². The van der Waals surface area contributed by atoms with Crippen molar-refractivity contribution in [3.8, 4) is 0 Å². The normalized spacial score (nSPS) is 25.8. The van der Waals surface area contributed by atoms with E-state index in [0.29, 0.717) is 12.0 Å². The van der Waals surface area contributed by atoms with Crippen molar-refractivity contribution < 1.29 is 13.2 Å². The summed E-state index contributed by atoms with van der Waals surface area (Å²) in [5.41, 5.74) is 0.563. The summed E-state index contributed by atoms with van der Waals surface area (Å²) in [7, 11) is 0. The van der Waals surface area contributed by atoms with Crippen LogP contribution in [0.2, 0.25) is 0 Å². The maximum absolute atomic E-state index is 12.1. The van der Waals surface area contributed by atoms with Crippen molar-refractivity contribution in [3.05, 3.63) is 0 Å². The number of hydrogen-bond donors (Lipinski definition) is 1. The van der Waals surface area contributed by atoms with Crippen LogP contribution in [0.15, 0.2) is 0 Å². The van der Waals surface area contributed by atoms with E-state index in [0.717, 1.165) is 13.1 Å². The van der Waals surface area contributed by atoms with Gasteiger partial charge in [-0.05, 0) is 51.1 Å². The molecule has 0 aromatic rings. The first-order valence-electron chi connectivity index (χ1n) is 7.92. The molecule has 1 spiro atoms. The van der Waals surface area contributed by atoms with Crippen molar-refractivity contribution in [2.75, 3.05) is 26.2 Å². The fraction of sp³-hybridized carbons (Fsp3) is 1.00. The Morgan fingerprint density at radius 3 is 2.20 bits per heavy atom. The highest BCUT2D eigenvalue weighted by Gasteiger charge is 2.36. The average Bonchev–Trinajstić information content (AvgIpc) is 2.39. The van der Waals surface area contributed by atoms with Gasteiger partial charge in [0.1, 0.15) is 0 Å². The molecular weight excluding hydrogens is 265 g/mol. The number of nitrogens with one attached hydrogen (secondary N) is 1. The maximum atomic E-state index is 12.1. The number of likely N-dealkylation sites (tertiary alicyclic amines) is 1. The second-order valence-corrected chi connectivity index (χ2v) is 6.69. The van der Waals surface area contributed by atoms with Crippen molar-refractivity contribution in [2.24, 2.45) is 5.41 Å². The van der Waals surface area contributed by atoms with Crippen molar-refractivity contribution in [3.63, 3.8) is 0 Å². The number of nitrogens with zero attached hydrogens (tertiary/aromatic N) is 1. The number of alkyl halides is 3. The molecule has 2 fully saturated rings. The highest BCUT2D eigenvalue weighted by Crippen LogP contribution is 2.44. The summed E-state index contributed by atoms with van der Waals surface area (Å²) < 4.78 is 36.3. The fourth-order valence-corrected chi connectivity index (χ4v) is 3.79. The summed E-state index contributed by atoms with van der Waals surface area (Å²) in [6, 6.07) is 0.193. The molecule has 0 aromatic heterocycles. The number of rotatable bonds is 4. The molecule has 0 radical (unpaired) electrons. The minimum absolute atomic E-state index is 0.193. The molecular formula is C15H27F3N2. The molecule has 0 amide bonds. The van der Waals surface area contributed by atoms with Crippen molar-refractivity contribution in [1.82, 2.24) is 10.2 Å². The molecule has 0 aromatic carbocycles. The summed E-state index contributed by atoms with van der Waals surface area (Å²) in [6.07, 6.45) is 5.19. The molecule has 2 nitrogen and oxygen atoms in total. The van der Waals surface area contributed by atoms with E-state index < -0.39 is 12.7 Å². The van der Waals surface area contributed by atoms with Gasteiger partial charge in [-0.15, -0.1) is 0 Å². The molecule has 5 heteroatoms. The topological polar surface area (TPSA) is 15.3 Å². The van der Waals surface area contributed by atoms with Gasteiger partial charge in [-0.1, -0.05) is 19.3 Å². The molecule has 118 valence electrons. The number of hydrogen-bond acceptors (Lipinski definition) is 2. The zero-order chi connectivity index (χ0) is 14.6. The van der Waals surface area contributed by atoms with E-state index in [9.17, 15) is 13.2 Å². The van der Waals surface area contributed by atoms with Gasteiger partial charge in [-0.3, -0.25) is 4.90 Å². The molecule has 1 aliphatic heterocycles. The van der Waals surface area contributed by atoms with Gasteiger partial charge in [0, 0.05) is 12.6 Å². The van der Waals surface area contributed by atoms with Crippen LogP contribution in [0.3, 0.4) is 0 Å². The van der Waals surface area contributed by atoms with E-state index >= 15 is 0 Å². The van der Waals surface area contributed by atoms with Crippen LogP contribution in [0, 0.1) is 5.41 Å². The van der Waals surface area contributed by atoms with Gasteiger partial charge in [0.2, 0.25) is 0 Å². The zero-order valence-electron chi connectivity index (χ0n) is 12.4. The Labute approximate surface area is 120 Å². The number of halogens is 3. The Morgan fingerprint density at radius 1 is 1.05 bits per heavy atom. The van der Waals surface area contributed by atoms with Gasteiger partial charge in [0.05, 0.1) is 6.54 Å². The van der Waals surface area contributed by atoms with Crippen LogP contribution in [0.1, 0.15) is 51.9 Å². The second kappa shape index (κ2) is 6.65. The third-order valence-electron chi connectivity index (χ3n) is 5.16. The smallest absolute Gasteiger partial charge is 0.307 e. The van der Waals surface area contributed by atoms with Crippen LogP contribution >= 0.6 is 0 Å². The summed E-state index contributed by atoms with van der Waals surface area (Å²) in [5, 5.41) is 2.53. The highest BCUT2D eigenvalue weighted by atomic mass is 19.4. The SMILES string of the molecule is CC(CNCC(F)(F)F)N1CCC2(CCCCC2)CC1. The summed E-state index contributed by atoms with van der Waals surface area (Å²) in [4.78, 5) is 2.35. The second-order valence-electron chi connectivity index (χ2n) is 6.69. The molecule has 1 N–H and O–H groups in total. The lowest BCUT2D eigenvalue weighted by Gasteiger charge is -2.46. The summed E-state index contributed by atoms with van der Waals surface area (Å²) in [5.74, 6) is 0. The fourth-order valence-electron chi connectivity index (χ4n) is 3.79. The van der Waals surface area contributed by atoms with Crippen LogP contribution < -0.4 is 5.32 Å². The van der Waals surface area contributed by atoms with E-state index in [-0.39, 0.29) is 6.04 Å². The predicted octanol–water partition coefficient (Wildman–Crippen LogP) is 3.57. The van der Waals surface area contributed by atoms with Crippen molar-refractivity contribution >= 4 is 0 Å². The molecule has 1 saturated carbocycles. The van der Waals surface area contributed by atoms with Gasteiger partial charge in [-0.2, -0.15) is 13.2 Å². The lowest BCUT2D eigenvalue weighted by atomic mass is 9.68. The van der Waals surface area contributed by atoms with Gasteiger partial charge >= 0.3 is 6.18 Å². The monoisotopic (exact) mass is 292 g/mol. The predicted molar refractivity (Wildman–Crippen MR) is 74.7 cm³/mol. The first-order valence-corrected chi connectivity index (χ1v) is 7.92. The molecule has 20 heavy (non-hydrogen) atoms. The first-order chi connectivity index (χ1) is 9.40. The molecule has 2 rings (SSSR count). The van der Waals surface area contributed by atoms with Crippen LogP contribution in [0.4, 0.5) is 13.2 Å². The molecule has 2 aliphatic rings. The average molecular weight is 292 g/mol. The van der Waals surface area contributed by atoms with Crippen molar-refractivity contribution in [1.29, 1.82) is 0 Å². The Balaban J connectivity index is 1.70. The molecule has 1 aliphatic carbocycles. The molecule has 1 atom stereocenters. The van der Waals surface area contributed by atoms with Crippen LogP contribution in [-0.4, -0.2) is 43.3 Å². The van der Waals surface area contributed by atoms with Crippen LogP contribution in [0.5, 0.6) is 0 Å². The number of piperidine rings is 1. The highest BCUT2D eigenvalue weighted by molar-refractivity contribution is 4.89. The Bertz CT molecular complexity index is 288. The van der Waals surface area contributed by atoms with E-state index in [1.54, 1.807) is 0 Å². The summed E-state index contributed by atoms with van der Waals surface area (Å²) in [6.45, 7) is 3.67. The largest absolute Gasteiger partial charge is 0.401 e. The summed E-state index contributed by atoms with van der Waals surface area (Å²) >= 11 is 0. The Hall–Kier alpha value is -0.290. The van der Waals surface area contributed by atoms with E-state index in [1.165, 1.54) is 44.9 Å². The standard InChI is InChI=1S/C15H27F3N2/c1-13(11-19-12-15(16,17)18)20-9-7-14(8-10-20)5-3-2-4-6-14/h13,19H,2-12H2,1H3. The molecule has 1 saturated heterocycles. The minimum atomic E-state index is -4.10.